The molecule has 1 aromatic heterocycles. The summed E-state index contributed by atoms with van der Waals surface area (Å²) < 4.78 is 38.4. The van der Waals surface area contributed by atoms with Gasteiger partial charge in [0.25, 0.3) is 5.56 Å². The van der Waals surface area contributed by atoms with Crippen molar-refractivity contribution in [3.05, 3.63) is 27.9 Å². The minimum Gasteiger partial charge on any atom is -0.327 e. The van der Waals surface area contributed by atoms with Crippen LogP contribution < -0.4 is 11.3 Å². The summed E-state index contributed by atoms with van der Waals surface area (Å²) in [4.78, 5) is 14.9. The molecule has 2 N–H and O–H groups in total. The van der Waals surface area contributed by atoms with Crippen molar-refractivity contribution in [3.8, 4) is 0 Å². The molecule has 0 aliphatic carbocycles. The van der Waals surface area contributed by atoms with Crippen LogP contribution in [0.15, 0.2) is 10.9 Å². The van der Waals surface area contributed by atoms with Crippen molar-refractivity contribution in [2.24, 2.45) is 5.73 Å². The number of nitrogens with two attached hydrogens (primary N) is 1. The first-order chi connectivity index (χ1) is 7.38. The van der Waals surface area contributed by atoms with E-state index >= 15 is 0 Å². The van der Waals surface area contributed by atoms with E-state index in [1.165, 1.54) is 4.57 Å². The van der Waals surface area contributed by atoms with Crippen LogP contribution in [-0.2, 0) is 19.1 Å². The molecule has 0 aromatic carbocycles. The first kappa shape index (κ1) is 11.1. The van der Waals surface area contributed by atoms with Gasteiger partial charge in [-0.15, -0.1) is 0 Å². The Balaban J connectivity index is 2.52. The van der Waals surface area contributed by atoms with Crippen molar-refractivity contribution in [2.45, 2.75) is 31.6 Å². The fourth-order valence-corrected chi connectivity index (χ4v) is 1.73. The summed E-state index contributed by atoms with van der Waals surface area (Å²) in [6, 6.07) is 0.302. The number of halogens is 3. The number of rotatable bonds is 0. The van der Waals surface area contributed by atoms with E-state index in [-0.39, 0.29) is 18.3 Å². The highest BCUT2D eigenvalue weighted by Gasteiger charge is 2.34. The van der Waals surface area contributed by atoms with Gasteiger partial charge >= 0.3 is 6.18 Å². The van der Waals surface area contributed by atoms with Crippen molar-refractivity contribution < 1.29 is 13.2 Å². The quantitative estimate of drug-likeness (QED) is 0.711. The molecule has 1 unspecified atom stereocenters. The number of hydrogen-bond acceptors (Lipinski definition) is 3. The van der Waals surface area contributed by atoms with Crippen molar-refractivity contribution in [2.75, 3.05) is 0 Å². The zero-order valence-corrected chi connectivity index (χ0v) is 8.29. The first-order valence-corrected chi connectivity index (χ1v) is 4.81. The third-order valence-electron chi connectivity index (χ3n) is 2.55. The van der Waals surface area contributed by atoms with Crippen LogP contribution in [0, 0.1) is 0 Å². The Bertz CT molecular complexity index is 466. The van der Waals surface area contributed by atoms with Gasteiger partial charge in [0.05, 0.1) is 0 Å². The molecule has 0 amide bonds. The van der Waals surface area contributed by atoms with Crippen molar-refractivity contribution in [1.82, 2.24) is 9.55 Å². The van der Waals surface area contributed by atoms with Crippen LogP contribution in [0.5, 0.6) is 0 Å². The lowest BCUT2D eigenvalue weighted by Gasteiger charge is -2.22. The van der Waals surface area contributed by atoms with Gasteiger partial charge in [0.2, 0.25) is 0 Å². The molecule has 0 radical (unpaired) electrons. The fraction of sp³-hybridized carbons (Fsp3) is 0.556. The molecular weight excluding hydrogens is 223 g/mol. The number of alkyl halides is 3. The summed E-state index contributed by atoms with van der Waals surface area (Å²) in [5.41, 5.74) is 3.82. The smallest absolute Gasteiger partial charge is 0.327 e. The van der Waals surface area contributed by atoms with E-state index in [2.05, 4.69) is 4.98 Å². The largest absolute Gasteiger partial charge is 0.433 e. The monoisotopic (exact) mass is 233 g/mol. The predicted octanol–water partition coefficient (Wildman–Crippen LogP) is 0.536. The molecule has 0 saturated carbocycles. The lowest BCUT2D eigenvalue weighted by molar-refractivity contribution is -0.141. The number of hydrogen-bond donors (Lipinski definition) is 1. The van der Waals surface area contributed by atoms with Crippen LogP contribution in [0.3, 0.4) is 0 Å². The van der Waals surface area contributed by atoms with Gasteiger partial charge in [-0.25, -0.2) is 4.98 Å². The Kier molecular flexibility index (Phi) is 2.49. The zero-order valence-electron chi connectivity index (χ0n) is 8.29. The second kappa shape index (κ2) is 3.58. The Morgan fingerprint density at radius 1 is 1.50 bits per heavy atom. The number of aromatic nitrogens is 2. The van der Waals surface area contributed by atoms with Gasteiger partial charge in [0.1, 0.15) is 5.82 Å². The molecule has 1 aliphatic heterocycles. The van der Waals surface area contributed by atoms with Gasteiger partial charge < -0.3 is 5.73 Å². The topological polar surface area (TPSA) is 60.9 Å². The molecule has 0 fully saturated rings. The third kappa shape index (κ3) is 1.95. The average Bonchev–Trinajstić information content (AvgIpc) is 2.15. The van der Waals surface area contributed by atoms with Gasteiger partial charge in [-0.2, -0.15) is 13.2 Å². The summed E-state index contributed by atoms with van der Waals surface area (Å²) in [5, 5.41) is 0. The van der Waals surface area contributed by atoms with Crippen LogP contribution in [0.4, 0.5) is 13.2 Å². The Hall–Kier alpha value is -1.37. The van der Waals surface area contributed by atoms with E-state index in [1.807, 2.05) is 0 Å². The van der Waals surface area contributed by atoms with Crippen molar-refractivity contribution in [3.63, 3.8) is 0 Å². The van der Waals surface area contributed by atoms with Crippen molar-refractivity contribution >= 4 is 0 Å². The summed E-state index contributed by atoms with van der Waals surface area (Å²) in [5.74, 6) is 0.124. The molecule has 88 valence electrons. The summed E-state index contributed by atoms with van der Waals surface area (Å²) >= 11 is 0. The van der Waals surface area contributed by atoms with E-state index in [9.17, 15) is 18.0 Å². The predicted molar refractivity (Wildman–Crippen MR) is 49.8 cm³/mol. The van der Waals surface area contributed by atoms with E-state index in [0.717, 1.165) is 0 Å². The first-order valence-electron chi connectivity index (χ1n) is 4.81. The van der Waals surface area contributed by atoms with Crippen LogP contribution >= 0.6 is 0 Å². The van der Waals surface area contributed by atoms with Crippen LogP contribution in [0.25, 0.3) is 0 Å². The standard InChI is InChI=1S/C9H10F3N3O/c10-9(11,12)6-4-8(16)15-2-1-5(13)3-7(15)14-6/h4-5H,1-3,13H2. The summed E-state index contributed by atoms with van der Waals surface area (Å²) in [6.45, 7) is 0.334. The average molecular weight is 233 g/mol. The van der Waals surface area contributed by atoms with Crippen LogP contribution in [-0.4, -0.2) is 15.6 Å². The highest BCUT2D eigenvalue weighted by molar-refractivity contribution is 5.10. The highest BCUT2D eigenvalue weighted by Crippen LogP contribution is 2.27. The molecule has 4 nitrogen and oxygen atoms in total. The summed E-state index contributed by atoms with van der Waals surface area (Å²) in [6.07, 6.45) is -3.80. The van der Waals surface area contributed by atoms with E-state index in [0.29, 0.717) is 19.0 Å². The molecule has 0 spiro atoms. The molecule has 2 rings (SSSR count). The normalized spacial score (nSPS) is 20.6. The third-order valence-corrected chi connectivity index (χ3v) is 2.55. The molecular formula is C9H10F3N3O. The van der Waals surface area contributed by atoms with E-state index < -0.39 is 17.4 Å². The highest BCUT2D eigenvalue weighted by atomic mass is 19.4. The maximum absolute atomic E-state index is 12.4. The molecule has 2 heterocycles. The van der Waals surface area contributed by atoms with Gasteiger partial charge in [-0.1, -0.05) is 0 Å². The second-order valence-corrected chi connectivity index (χ2v) is 3.80. The second-order valence-electron chi connectivity index (χ2n) is 3.80. The van der Waals surface area contributed by atoms with Crippen LogP contribution in [0.1, 0.15) is 17.9 Å². The SMILES string of the molecule is NC1CCn2c(nc(C(F)(F)F)cc2=O)C1. The molecule has 0 saturated heterocycles. The maximum Gasteiger partial charge on any atom is 0.433 e. The van der Waals surface area contributed by atoms with E-state index in [4.69, 9.17) is 5.73 Å². The van der Waals surface area contributed by atoms with Gasteiger partial charge in [-0.05, 0) is 6.42 Å². The minimum atomic E-state index is -4.59. The Morgan fingerprint density at radius 2 is 2.19 bits per heavy atom. The lowest BCUT2D eigenvalue weighted by Crippen LogP contribution is -2.38. The molecule has 0 bridgehead atoms. The molecule has 1 aromatic rings. The van der Waals surface area contributed by atoms with Gasteiger partial charge in [-0.3, -0.25) is 9.36 Å². The molecule has 16 heavy (non-hydrogen) atoms. The van der Waals surface area contributed by atoms with Gasteiger partial charge in [0, 0.05) is 25.1 Å². The van der Waals surface area contributed by atoms with Crippen molar-refractivity contribution in [1.29, 1.82) is 0 Å². The van der Waals surface area contributed by atoms with E-state index in [1.54, 1.807) is 0 Å². The molecule has 7 heteroatoms. The Morgan fingerprint density at radius 3 is 2.81 bits per heavy atom. The summed E-state index contributed by atoms with van der Waals surface area (Å²) in [7, 11) is 0. The lowest BCUT2D eigenvalue weighted by atomic mass is 10.1. The number of fused-ring (bicyclic) bond motifs is 1. The molecule has 1 atom stereocenters. The fourth-order valence-electron chi connectivity index (χ4n) is 1.73. The van der Waals surface area contributed by atoms with Crippen LogP contribution in [0.2, 0.25) is 0 Å². The molecule has 1 aliphatic rings. The number of nitrogens with zero attached hydrogens (tertiary/aromatic N) is 2. The maximum atomic E-state index is 12.4. The zero-order chi connectivity index (χ0) is 11.9. The minimum absolute atomic E-state index is 0.124. The Labute approximate surface area is 88.9 Å². The van der Waals surface area contributed by atoms with Gasteiger partial charge in [0.15, 0.2) is 5.69 Å².